The molecule has 0 amide bonds. The zero-order valence-electron chi connectivity index (χ0n) is 6.74. The third kappa shape index (κ3) is 1.72. The van der Waals surface area contributed by atoms with Crippen LogP contribution >= 0.6 is 0 Å². The highest BCUT2D eigenvalue weighted by atomic mass is 16.5. The largest absolute Gasteiger partial charge is 0.505 e. The van der Waals surface area contributed by atoms with E-state index in [4.69, 9.17) is 10.1 Å². The van der Waals surface area contributed by atoms with Gasteiger partial charge in [-0.25, -0.2) is 4.98 Å². The van der Waals surface area contributed by atoms with Gasteiger partial charge in [-0.2, -0.15) is 0 Å². The predicted molar refractivity (Wildman–Crippen MR) is 44.4 cm³/mol. The molecular formula is C8H10N2O2. The molecule has 1 heterocycles. The smallest absolute Gasteiger partial charge is 0.236 e. The van der Waals surface area contributed by atoms with Crippen LogP contribution in [0.5, 0.6) is 5.75 Å². The van der Waals surface area contributed by atoms with E-state index in [1.807, 2.05) is 0 Å². The molecule has 0 aliphatic carbocycles. The summed E-state index contributed by atoms with van der Waals surface area (Å²) in [6.07, 6.45) is 1.50. The number of hydrogen-bond acceptors (Lipinski definition) is 4. The second-order valence-electron chi connectivity index (χ2n) is 2.13. The molecule has 0 unspecified atom stereocenters. The summed E-state index contributed by atoms with van der Waals surface area (Å²) in [4.78, 5) is 3.80. The molecule has 0 radical (unpaired) electrons. The van der Waals surface area contributed by atoms with Crippen LogP contribution in [0.25, 0.3) is 0 Å². The van der Waals surface area contributed by atoms with E-state index in [9.17, 15) is 5.11 Å². The van der Waals surface area contributed by atoms with Gasteiger partial charge in [0.15, 0.2) is 5.69 Å². The van der Waals surface area contributed by atoms with E-state index in [2.05, 4.69) is 4.98 Å². The summed E-state index contributed by atoms with van der Waals surface area (Å²) in [5.74, 6) is -0.133. The Bertz CT molecular complexity index is 286. The molecule has 0 saturated carbocycles. The fourth-order valence-corrected chi connectivity index (χ4v) is 0.784. The van der Waals surface area contributed by atoms with Crippen LogP contribution in [0.15, 0.2) is 18.3 Å². The lowest BCUT2D eigenvalue weighted by Gasteiger charge is -2.04. The number of nitrogens with zero attached hydrogens (tertiary/aromatic N) is 1. The number of hydrogen-bond donors (Lipinski definition) is 2. The van der Waals surface area contributed by atoms with Crippen molar-refractivity contribution in [3.05, 3.63) is 24.0 Å². The van der Waals surface area contributed by atoms with Gasteiger partial charge in [-0.15, -0.1) is 0 Å². The molecule has 0 saturated heterocycles. The van der Waals surface area contributed by atoms with Gasteiger partial charge in [0.25, 0.3) is 0 Å². The Balaban J connectivity index is 2.87. The van der Waals surface area contributed by atoms with Crippen LogP contribution < -0.4 is 0 Å². The summed E-state index contributed by atoms with van der Waals surface area (Å²) >= 11 is 0. The van der Waals surface area contributed by atoms with Crippen LogP contribution in [0.4, 0.5) is 0 Å². The number of ether oxygens (including phenoxy) is 1. The second kappa shape index (κ2) is 3.71. The highest BCUT2D eigenvalue weighted by Crippen LogP contribution is 2.12. The zero-order valence-corrected chi connectivity index (χ0v) is 6.74. The molecule has 0 atom stereocenters. The molecule has 0 spiro atoms. The molecule has 1 rings (SSSR count). The summed E-state index contributed by atoms with van der Waals surface area (Å²) < 4.78 is 4.87. The topological polar surface area (TPSA) is 66.2 Å². The molecule has 0 aromatic carbocycles. The van der Waals surface area contributed by atoms with Crippen molar-refractivity contribution < 1.29 is 9.84 Å². The van der Waals surface area contributed by atoms with Gasteiger partial charge in [0.2, 0.25) is 5.90 Å². The molecule has 1 aromatic heterocycles. The summed E-state index contributed by atoms with van der Waals surface area (Å²) in [6, 6.07) is 3.06. The van der Waals surface area contributed by atoms with Crippen molar-refractivity contribution in [2.75, 3.05) is 6.61 Å². The molecule has 2 N–H and O–H groups in total. The van der Waals surface area contributed by atoms with Crippen molar-refractivity contribution in [1.82, 2.24) is 4.98 Å². The monoisotopic (exact) mass is 166 g/mol. The van der Waals surface area contributed by atoms with Gasteiger partial charge >= 0.3 is 0 Å². The summed E-state index contributed by atoms with van der Waals surface area (Å²) in [5.41, 5.74) is 0.180. The van der Waals surface area contributed by atoms with Crippen molar-refractivity contribution in [3.63, 3.8) is 0 Å². The maximum atomic E-state index is 9.22. The van der Waals surface area contributed by atoms with Crippen LogP contribution in [0.1, 0.15) is 12.6 Å². The SMILES string of the molecule is CCOC(=N)c1ncccc1O. The third-order valence-corrected chi connectivity index (χ3v) is 1.29. The summed E-state index contributed by atoms with van der Waals surface area (Å²) in [7, 11) is 0. The second-order valence-corrected chi connectivity index (χ2v) is 2.13. The molecule has 0 aliphatic heterocycles. The number of pyridine rings is 1. The van der Waals surface area contributed by atoms with Gasteiger partial charge in [0.05, 0.1) is 6.61 Å². The van der Waals surface area contributed by atoms with Crippen LogP contribution in [-0.4, -0.2) is 22.6 Å². The Morgan fingerprint density at radius 3 is 3.08 bits per heavy atom. The van der Waals surface area contributed by atoms with Gasteiger partial charge < -0.3 is 9.84 Å². The van der Waals surface area contributed by atoms with E-state index >= 15 is 0 Å². The Hall–Kier alpha value is -1.58. The molecule has 64 valence electrons. The normalized spacial score (nSPS) is 9.42. The van der Waals surface area contributed by atoms with E-state index in [1.54, 1.807) is 13.0 Å². The molecule has 0 bridgehead atoms. The molecule has 0 aliphatic rings. The number of nitrogens with one attached hydrogen (secondary N) is 1. The Morgan fingerprint density at radius 1 is 1.75 bits per heavy atom. The van der Waals surface area contributed by atoms with E-state index in [-0.39, 0.29) is 17.3 Å². The average molecular weight is 166 g/mol. The lowest BCUT2D eigenvalue weighted by Crippen LogP contribution is -2.06. The van der Waals surface area contributed by atoms with Gasteiger partial charge in [-0.1, -0.05) is 0 Å². The van der Waals surface area contributed by atoms with Crippen molar-refractivity contribution in [1.29, 1.82) is 5.41 Å². The fraction of sp³-hybridized carbons (Fsp3) is 0.250. The fourth-order valence-electron chi connectivity index (χ4n) is 0.784. The minimum atomic E-state index is -0.101. The van der Waals surface area contributed by atoms with Crippen molar-refractivity contribution in [3.8, 4) is 5.75 Å². The van der Waals surface area contributed by atoms with Crippen molar-refractivity contribution in [2.45, 2.75) is 6.92 Å². The molecular weight excluding hydrogens is 156 g/mol. The average Bonchev–Trinajstić information content (AvgIpc) is 2.05. The van der Waals surface area contributed by atoms with Crippen LogP contribution in [0, 0.1) is 5.41 Å². The van der Waals surface area contributed by atoms with Gasteiger partial charge in [-0.05, 0) is 19.1 Å². The highest BCUT2D eigenvalue weighted by molar-refractivity contribution is 5.92. The van der Waals surface area contributed by atoms with Crippen molar-refractivity contribution in [2.24, 2.45) is 0 Å². The van der Waals surface area contributed by atoms with E-state index in [1.165, 1.54) is 12.3 Å². The minimum Gasteiger partial charge on any atom is -0.505 e. The van der Waals surface area contributed by atoms with Crippen LogP contribution in [-0.2, 0) is 4.74 Å². The number of aromatic nitrogens is 1. The van der Waals surface area contributed by atoms with E-state index in [0.717, 1.165) is 0 Å². The molecule has 12 heavy (non-hydrogen) atoms. The number of rotatable bonds is 2. The first kappa shape index (κ1) is 8.52. The molecule has 0 fully saturated rings. The third-order valence-electron chi connectivity index (χ3n) is 1.29. The summed E-state index contributed by atoms with van der Waals surface area (Å²) in [5, 5.41) is 16.6. The van der Waals surface area contributed by atoms with Gasteiger partial charge in [-0.3, -0.25) is 5.41 Å². The lowest BCUT2D eigenvalue weighted by molar-refractivity contribution is 0.322. The van der Waals surface area contributed by atoms with Crippen LogP contribution in [0.2, 0.25) is 0 Å². The molecule has 1 aromatic rings. The quantitative estimate of drug-likeness (QED) is 0.511. The Labute approximate surface area is 70.3 Å². The van der Waals surface area contributed by atoms with Crippen molar-refractivity contribution >= 4 is 5.90 Å². The first-order chi connectivity index (χ1) is 5.75. The Kier molecular flexibility index (Phi) is 2.63. The van der Waals surface area contributed by atoms with E-state index in [0.29, 0.717) is 6.61 Å². The van der Waals surface area contributed by atoms with E-state index < -0.39 is 0 Å². The van der Waals surface area contributed by atoms with Gasteiger partial charge in [0, 0.05) is 6.20 Å². The lowest BCUT2D eigenvalue weighted by atomic mass is 10.3. The van der Waals surface area contributed by atoms with Gasteiger partial charge in [0.1, 0.15) is 5.75 Å². The predicted octanol–water partition coefficient (Wildman–Crippen LogP) is 1.15. The first-order valence-electron chi connectivity index (χ1n) is 3.61. The maximum absolute atomic E-state index is 9.22. The Morgan fingerprint density at radius 2 is 2.50 bits per heavy atom. The number of aromatic hydroxyl groups is 1. The summed E-state index contributed by atoms with van der Waals surface area (Å²) in [6.45, 7) is 2.17. The standard InChI is InChI=1S/C8H10N2O2/c1-2-12-8(9)7-6(11)4-3-5-10-7/h3-5,9,11H,2H2,1H3. The molecule has 4 nitrogen and oxygen atoms in total. The highest BCUT2D eigenvalue weighted by Gasteiger charge is 2.07. The first-order valence-corrected chi connectivity index (χ1v) is 3.61. The van der Waals surface area contributed by atoms with Crippen LogP contribution in [0.3, 0.4) is 0 Å². The maximum Gasteiger partial charge on any atom is 0.236 e. The minimum absolute atomic E-state index is 0.0315. The molecule has 4 heteroatoms. The zero-order chi connectivity index (χ0) is 8.97.